The van der Waals surface area contributed by atoms with Crippen LogP contribution in [0, 0.1) is 13.8 Å². The number of amides is 1. The minimum atomic E-state index is -0.206. The predicted molar refractivity (Wildman–Crippen MR) is 107 cm³/mol. The summed E-state index contributed by atoms with van der Waals surface area (Å²) in [5, 5.41) is 14.4. The number of nitrogens with one attached hydrogen (secondary N) is 2. The molecule has 0 radical (unpaired) electrons. The maximum Gasteiger partial charge on any atom is 0.256 e. The van der Waals surface area contributed by atoms with Crippen molar-refractivity contribution in [3.63, 3.8) is 0 Å². The second-order valence-corrected chi connectivity index (χ2v) is 6.64. The van der Waals surface area contributed by atoms with Crippen LogP contribution in [0.25, 0.3) is 11.3 Å². The monoisotopic (exact) mass is 372 g/mol. The average Bonchev–Trinajstić information content (AvgIpc) is 3.29. The molecule has 3 aromatic heterocycles. The normalized spacial score (nSPS) is 10.8. The first kappa shape index (κ1) is 17.7. The van der Waals surface area contributed by atoms with Crippen LogP contribution in [0.4, 0.5) is 5.82 Å². The van der Waals surface area contributed by atoms with Gasteiger partial charge in [-0.1, -0.05) is 12.1 Å². The van der Waals surface area contributed by atoms with Crippen molar-refractivity contribution in [2.45, 2.75) is 20.4 Å². The number of hydrogen-bond donors (Lipinski definition) is 2. The van der Waals surface area contributed by atoms with Gasteiger partial charge in [-0.2, -0.15) is 10.2 Å². The Bertz CT molecular complexity index is 1110. The number of carbonyl (C=O) groups is 1. The molecule has 0 bridgehead atoms. The maximum absolute atomic E-state index is 12.6. The molecular weight excluding hydrogens is 352 g/mol. The third-order valence-electron chi connectivity index (χ3n) is 4.44. The Morgan fingerprint density at radius 2 is 1.93 bits per heavy atom. The van der Waals surface area contributed by atoms with Gasteiger partial charge in [-0.05, 0) is 49.7 Å². The number of H-pyrrole nitrogens is 1. The fourth-order valence-corrected chi connectivity index (χ4v) is 3.07. The summed E-state index contributed by atoms with van der Waals surface area (Å²) >= 11 is 0. The number of carbonyl (C=O) groups excluding carboxylic acids is 1. The molecule has 140 valence electrons. The molecule has 4 aromatic rings. The first-order valence-electron chi connectivity index (χ1n) is 8.95. The van der Waals surface area contributed by atoms with E-state index in [2.05, 4.69) is 25.6 Å². The lowest BCUT2D eigenvalue weighted by Crippen LogP contribution is -2.13. The summed E-state index contributed by atoms with van der Waals surface area (Å²) in [5.41, 5.74) is 5.43. The van der Waals surface area contributed by atoms with E-state index < -0.39 is 0 Å². The summed E-state index contributed by atoms with van der Waals surface area (Å²) in [6.07, 6.45) is 3.42. The van der Waals surface area contributed by atoms with E-state index in [0.717, 1.165) is 28.2 Å². The fraction of sp³-hybridized carbons (Fsp3) is 0.143. The highest BCUT2D eigenvalue weighted by atomic mass is 16.1. The predicted octanol–water partition coefficient (Wildman–Crippen LogP) is 3.59. The lowest BCUT2D eigenvalue weighted by atomic mass is 10.1. The Labute approximate surface area is 162 Å². The SMILES string of the molecule is Cc1cc(C)n(Cc2cccc(C(=O)Nc3cc(-c4ccncc4)[nH]n3)c2)n1. The highest BCUT2D eigenvalue weighted by molar-refractivity contribution is 6.04. The molecule has 1 aromatic carbocycles. The van der Waals surface area contributed by atoms with Crippen molar-refractivity contribution in [2.24, 2.45) is 0 Å². The number of hydrogen-bond acceptors (Lipinski definition) is 4. The van der Waals surface area contributed by atoms with E-state index in [4.69, 9.17) is 0 Å². The molecule has 0 atom stereocenters. The first-order chi connectivity index (χ1) is 13.6. The van der Waals surface area contributed by atoms with Gasteiger partial charge >= 0.3 is 0 Å². The van der Waals surface area contributed by atoms with Gasteiger partial charge in [-0.15, -0.1) is 0 Å². The molecule has 4 rings (SSSR count). The van der Waals surface area contributed by atoms with Gasteiger partial charge in [0.15, 0.2) is 5.82 Å². The lowest BCUT2D eigenvalue weighted by molar-refractivity contribution is 0.102. The van der Waals surface area contributed by atoms with Crippen molar-refractivity contribution in [1.82, 2.24) is 25.0 Å². The van der Waals surface area contributed by atoms with Crippen molar-refractivity contribution in [3.05, 3.63) is 83.4 Å². The van der Waals surface area contributed by atoms with Gasteiger partial charge in [-0.25, -0.2) is 0 Å². The molecule has 0 fully saturated rings. The number of benzene rings is 1. The van der Waals surface area contributed by atoms with Gasteiger partial charge in [0.2, 0.25) is 0 Å². The van der Waals surface area contributed by atoms with Crippen LogP contribution in [-0.2, 0) is 6.54 Å². The van der Waals surface area contributed by atoms with Gasteiger partial charge < -0.3 is 5.32 Å². The molecule has 0 saturated heterocycles. The largest absolute Gasteiger partial charge is 0.305 e. The Morgan fingerprint density at radius 1 is 1.11 bits per heavy atom. The summed E-state index contributed by atoms with van der Waals surface area (Å²) in [7, 11) is 0. The Hall–Kier alpha value is -3.74. The number of pyridine rings is 1. The summed E-state index contributed by atoms with van der Waals surface area (Å²) in [4.78, 5) is 16.6. The van der Waals surface area contributed by atoms with Crippen LogP contribution in [0.3, 0.4) is 0 Å². The smallest absolute Gasteiger partial charge is 0.256 e. The number of nitrogens with zero attached hydrogens (tertiary/aromatic N) is 4. The van der Waals surface area contributed by atoms with Gasteiger partial charge in [0.05, 0.1) is 17.9 Å². The van der Waals surface area contributed by atoms with Crippen LogP contribution in [0.15, 0.2) is 60.9 Å². The van der Waals surface area contributed by atoms with Crippen LogP contribution >= 0.6 is 0 Å². The van der Waals surface area contributed by atoms with E-state index in [-0.39, 0.29) is 5.91 Å². The van der Waals surface area contributed by atoms with Gasteiger partial charge in [0, 0.05) is 35.3 Å². The zero-order valence-electron chi connectivity index (χ0n) is 15.7. The highest BCUT2D eigenvalue weighted by Crippen LogP contribution is 2.19. The molecule has 0 saturated carbocycles. The number of aromatic amines is 1. The van der Waals surface area contributed by atoms with E-state index in [1.54, 1.807) is 24.5 Å². The Kier molecular flexibility index (Phi) is 4.72. The maximum atomic E-state index is 12.6. The van der Waals surface area contributed by atoms with Gasteiger partial charge in [0.25, 0.3) is 5.91 Å². The zero-order valence-corrected chi connectivity index (χ0v) is 15.7. The molecule has 2 N–H and O–H groups in total. The fourth-order valence-electron chi connectivity index (χ4n) is 3.07. The Morgan fingerprint density at radius 3 is 2.68 bits per heavy atom. The van der Waals surface area contributed by atoms with Crippen molar-refractivity contribution in [2.75, 3.05) is 5.32 Å². The summed E-state index contributed by atoms with van der Waals surface area (Å²) in [6.45, 7) is 4.61. The van der Waals surface area contributed by atoms with Crippen LogP contribution in [-0.4, -0.2) is 30.9 Å². The molecular formula is C21H20N6O. The van der Waals surface area contributed by atoms with Gasteiger partial charge in [0.1, 0.15) is 0 Å². The molecule has 0 aliphatic heterocycles. The lowest BCUT2D eigenvalue weighted by Gasteiger charge is -2.07. The average molecular weight is 372 g/mol. The van der Waals surface area contributed by atoms with Crippen LogP contribution in [0.1, 0.15) is 27.3 Å². The van der Waals surface area contributed by atoms with E-state index in [0.29, 0.717) is 17.9 Å². The number of anilines is 1. The van der Waals surface area contributed by atoms with Crippen molar-refractivity contribution < 1.29 is 4.79 Å². The van der Waals surface area contributed by atoms with E-state index in [1.807, 2.05) is 54.9 Å². The second-order valence-electron chi connectivity index (χ2n) is 6.64. The van der Waals surface area contributed by atoms with E-state index >= 15 is 0 Å². The molecule has 1 amide bonds. The first-order valence-corrected chi connectivity index (χ1v) is 8.95. The molecule has 0 unspecified atom stereocenters. The van der Waals surface area contributed by atoms with Gasteiger partial charge in [-0.3, -0.25) is 19.6 Å². The number of rotatable bonds is 5. The second kappa shape index (κ2) is 7.48. The van der Waals surface area contributed by atoms with Crippen LogP contribution in [0.2, 0.25) is 0 Å². The number of aryl methyl sites for hydroxylation is 2. The molecule has 0 aliphatic carbocycles. The van der Waals surface area contributed by atoms with Crippen molar-refractivity contribution in [1.29, 1.82) is 0 Å². The van der Waals surface area contributed by atoms with Crippen molar-refractivity contribution in [3.8, 4) is 11.3 Å². The topological polar surface area (TPSA) is 88.5 Å². The molecule has 3 heterocycles. The van der Waals surface area contributed by atoms with Crippen LogP contribution in [0.5, 0.6) is 0 Å². The minimum Gasteiger partial charge on any atom is -0.305 e. The molecule has 7 heteroatoms. The van der Waals surface area contributed by atoms with E-state index in [1.165, 1.54) is 0 Å². The third-order valence-corrected chi connectivity index (χ3v) is 4.44. The minimum absolute atomic E-state index is 0.206. The zero-order chi connectivity index (χ0) is 19.5. The molecule has 7 nitrogen and oxygen atoms in total. The summed E-state index contributed by atoms with van der Waals surface area (Å²) in [6, 6.07) is 15.1. The summed E-state index contributed by atoms with van der Waals surface area (Å²) in [5.74, 6) is 0.267. The number of aromatic nitrogens is 5. The quantitative estimate of drug-likeness (QED) is 0.560. The third kappa shape index (κ3) is 3.83. The molecule has 28 heavy (non-hydrogen) atoms. The molecule has 0 aliphatic rings. The molecule has 0 spiro atoms. The van der Waals surface area contributed by atoms with Crippen LogP contribution < -0.4 is 5.32 Å². The van der Waals surface area contributed by atoms with Crippen molar-refractivity contribution >= 4 is 11.7 Å². The Balaban J connectivity index is 1.48. The standard InChI is InChI=1S/C21H20N6O/c1-14-10-15(2)27(26-14)13-16-4-3-5-18(11-16)21(28)23-20-12-19(24-25-20)17-6-8-22-9-7-17/h3-12H,13H2,1-2H3,(H2,23,24,25,28). The van der Waals surface area contributed by atoms with E-state index in [9.17, 15) is 4.79 Å². The highest BCUT2D eigenvalue weighted by Gasteiger charge is 2.11. The summed E-state index contributed by atoms with van der Waals surface area (Å²) < 4.78 is 1.93.